The Morgan fingerprint density at radius 2 is 2.20 bits per heavy atom. The quantitative estimate of drug-likeness (QED) is 0.613. The maximum absolute atomic E-state index is 11.4. The van der Waals surface area contributed by atoms with E-state index in [4.69, 9.17) is 4.74 Å². The van der Waals surface area contributed by atoms with Crippen molar-refractivity contribution in [3.8, 4) is 0 Å². The molecule has 4 nitrogen and oxygen atoms in total. The second-order valence-electron chi connectivity index (χ2n) is 4.03. The molecule has 2 N–H and O–H groups in total. The first-order valence-corrected chi connectivity index (χ1v) is 5.77. The minimum absolute atomic E-state index is 0.219. The Kier molecular flexibility index (Phi) is 5.05. The van der Waals surface area contributed by atoms with Gasteiger partial charge in [0, 0.05) is 6.54 Å². The van der Waals surface area contributed by atoms with Crippen molar-refractivity contribution in [2.75, 3.05) is 13.2 Å². The summed E-state index contributed by atoms with van der Waals surface area (Å²) in [6.45, 7) is 4.62. The van der Waals surface area contributed by atoms with E-state index < -0.39 is 0 Å². The SMILES string of the molecule is CCOC(=O)C(CC)NCC(O)C1CC1. The normalized spacial score (nSPS) is 19.7. The van der Waals surface area contributed by atoms with Gasteiger partial charge in [-0.3, -0.25) is 4.79 Å². The molecule has 1 aliphatic carbocycles. The summed E-state index contributed by atoms with van der Waals surface area (Å²) < 4.78 is 4.92. The fourth-order valence-electron chi connectivity index (χ4n) is 1.55. The third-order valence-corrected chi connectivity index (χ3v) is 2.72. The molecule has 2 unspecified atom stereocenters. The number of nitrogens with one attached hydrogen (secondary N) is 1. The average Bonchev–Trinajstić information content (AvgIpc) is 3.02. The number of carbonyl (C=O) groups excluding carboxylic acids is 1. The maximum atomic E-state index is 11.4. The van der Waals surface area contributed by atoms with Crippen molar-refractivity contribution in [3.63, 3.8) is 0 Å². The van der Waals surface area contributed by atoms with Crippen molar-refractivity contribution < 1.29 is 14.6 Å². The van der Waals surface area contributed by atoms with E-state index in [-0.39, 0.29) is 18.1 Å². The molecule has 15 heavy (non-hydrogen) atoms. The number of esters is 1. The zero-order valence-corrected chi connectivity index (χ0v) is 9.53. The number of aliphatic hydroxyl groups is 1. The first-order chi connectivity index (χ1) is 7.19. The molecule has 0 heterocycles. The highest BCUT2D eigenvalue weighted by atomic mass is 16.5. The molecule has 0 spiro atoms. The van der Waals surface area contributed by atoms with Crippen molar-refractivity contribution in [2.45, 2.75) is 45.3 Å². The van der Waals surface area contributed by atoms with Gasteiger partial charge in [-0.1, -0.05) is 6.92 Å². The summed E-state index contributed by atoms with van der Waals surface area (Å²) in [5, 5.41) is 12.7. The van der Waals surface area contributed by atoms with Gasteiger partial charge >= 0.3 is 5.97 Å². The highest BCUT2D eigenvalue weighted by molar-refractivity contribution is 5.75. The Labute approximate surface area is 91.0 Å². The molecular formula is C11H21NO3. The summed E-state index contributed by atoms with van der Waals surface area (Å²) in [6, 6.07) is -0.279. The van der Waals surface area contributed by atoms with Gasteiger partial charge in [-0.15, -0.1) is 0 Å². The molecule has 0 aliphatic heterocycles. The van der Waals surface area contributed by atoms with E-state index in [2.05, 4.69) is 5.32 Å². The van der Waals surface area contributed by atoms with Crippen molar-refractivity contribution in [2.24, 2.45) is 5.92 Å². The minimum Gasteiger partial charge on any atom is -0.465 e. The standard InChI is InChI=1S/C11H21NO3/c1-3-9(11(14)15-4-2)12-7-10(13)8-5-6-8/h8-10,12-13H,3-7H2,1-2H3. The monoisotopic (exact) mass is 215 g/mol. The smallest absolute Gasteiger partial charge is 0.323 e. The van der Waals surface area contributed by atoms with E-state index in [1.54, 1.807) is 6.92 Å². The molecule has 4 heteroatoms. The number of aliphatic hydroxyl groups excluding tert-OH is 1. The van der Waals surface area contributed by atoms with Crippen LogP contribution >= 0.6 is 0 Å². The number of hydrogen-bond donors (Lipinski definition) is 2. The predicted octanol–water partition coefficient (Wildman–Crippen LogP) is 0.689. The van der Waals surface area contributed by atoms with E-state index in [1.807, 2.05) is 6.92 Å². The zero-order chi connectivity index (χ0) is 11.3. The highest BCUT2D eigenvalue weighted by Gasteiger charge is 2.30. The first-order valence-electron chi connectivity index (χ1n) is 5.77. The van der Waals surface area contributed by atoms with Crippen LogP contribution in [0, 0.1) is 5.92 Å². The average molecular weight is 215 g/mol. The molecule has 0 amide bonds. The molecule has 0 aromatic carbocycles. The molecule has 1 aliphatic rings. The van der Waals surface area contributed by atoms with Crippen LogP contribution in [-0.2, 0) is 9.53 Å². The second kappa shape index (κ2) is 6.08. The van der Waals surface area contributed by atoms with Gasteiger partial charge in [0.25, 0.3) is 0 Å². The van der Waals surface area contributed by atoms with Crippen LogP contribution in [0.3, 0.4) is 0 Å². The van der Waals surface area contributed by atoms with Gasteiger partial charge in [-0.2, -0.15) is 0 Å². The van der Waals surface area contributed by atoms with Crippen LogP contribution in [-0.4, -0.2) is 36.4 Å². The van der Waals surface area contributed by atoms with Gasteiger partial charge in [0.1, 0.15) is 6.04 Å². The van der Waals surface area contributed by atoms with Crippen LogP contribution in [0.5, 0.6) is 0 Å². The van der Waals surface area contributed by atoms with E-state index in [1.165, 1.54) is 0 Å². The number of ether oxygens (including phenoxy) is 1. The molecule has 1 rings (SSSR count). The van der Waals surface area contributed by atoms with Gasteiger partial charge in [-0.25, -0.2) is 0 Å². The Morgan fingerprint density at radius 3 is 2.67 bits per heavy atom. The minimum atomic E-state index is -0.312. The summed E-state index contributed by atoms with van der Waals surface area (Å²) in [4.78, 5) is 11.4. The topological polar surface area (TPSA) is 58.6 Å². The summed E-state index contributed by atoms with van der Waals surface area (Å²) >= 11 is 0. The van der Waals surface area contributed by atoms with Crippen molar-refractivity contribution in [3.05, 3.63) is 0 Å². The highest BCUT2D eigenvalue weighted by Crippen LogP contribution is 2.32. The van der Waals surface area contributed by atoms with E-state index in [0.29, 0.717) is 25.5 Å². The van der Waals surface area contributed by atoms with E-state index >= 15 is 0 Å². The van der Waals surface area contributed by atoms with E-state index in [0.717, 1.165) is 12.8 Å². The Hall–Kier alpha value is -0.610. The number of carbonyl (C=O) groups is 1. The lowest BCUT2D eigenvalue weighted by Crippen LogP contribution is -2.42. The Balaban J connectivity index is 2.22. The molecule has 1 fully saturated rings. The lowest BCUT2D eigenvalue weighted by Gasteiger charge is -2.17. The molecule has 0 aromatic heterocycles. The summed E-state index contributed by atoms with van der Waals surface area (Å²) in [7, 11) is 0. The molecular weight excluding hydrogens is 194 g/mol. The number of rotatable bonds is 7. The fourth-order valence-corrected chi connectivity index (χ4v) is 1.55. The Morgan fingerprint density at radius 1 is 1.53 bits per heavy atom. The van der Waals surface area contributed by atoms with Crippen LogP contribution in [0.2, 0.25) is 0 Å². The van der Waals surface area contributed by atoms with Crippen molar-refractivity contribution in [1.29, 1.82) is 0 Å². The third kappa shape index (κ3) is 4.18. The first kappa shape index (κ1) is 12.5. The van der Waals surface area contributed by atoms with E-state index in [9.17, 15) is 9.90 Å². The van der Waals surface area contributed by atoms with Crippen LogP contribution in [0.4, 0.5) is 0 Å². The van der Waals surface area contributed by atoms with Crippen LogP contribution in [0.15, 0.2) is 0 Å². The predicted molar refractivity (Wildman–Crippen MR) is 57.4 cm³/mol. The maximum Gasteiger partial charge on any atom is 0.323 e. The van der Waals surface area contributed by atoms with Crippen LogP contribution < -0.4 is 5.32 Å². The van der Waals surface area contributed by atoms with Crippen LogP contribution in [0.1, 0.15) is 33.1 Å². The largest absolute Gasteiger partial charge is 0.465 e. The van der Waals surface area contributed by atoms with Crippen molar-refractivity contribution in [1.82, 2.24) is 5.32 Å². The molecule has 0 bridgehead atoms. The number of hydrogen-bond acceptors (Lipinski definition) is 4. The van der Waals surface area contributed by atoms with Gasteiger partial charge in [0.05, 0.1) is 12.7 Å². The molecule has 1 saturated carbocycles. The summed E-state index contributed by atoms with van der Waals surface area (Å²) in [6.07, 6.45) is 2.60. The molecule has 2 atom stereocenters. The lowest BCUT2D eigenvalue weighted by atomic mass is 10.2. The summed E-state index contributed by atoms with van der Waals surface area (Å²) in [5.74, 6) is 0.222. The molecule has 0 saturated heterocycles. The zero-order valence-electron chi connectivity index (χ0n) is 9.53. The summed E-state index contributed by atoms with van der Waals surface area (Å²) in [5.41, 5.74) is 0. The van der Waals surface area contributed by atoms with Gasteiger partial charge in [-0.05, 0) is 32.1 Å². The third-order valence-electron chi connectivity index (χ3n) is 2.72. The van der Waals surface area contributed by atoms with Gasteiger partial charge in [0.2, 0.25) is 0 Å². The van der Waals surface area contributed by atoms with Gasteiger partial charge < -0.3 is 15.2 Å². The van der Waals surface area contributed by atoms with Crippen LogP contribution in [0.25, 0.3) is 0 Å². The lowest BCUT2D eigenvalue weighted by molar-refractivity contribution is -0.145. The fraction of sp³-hybridized carbons (Fsp3) is 0.909. The molecule has 0 aromatic rings. The second-order valence-corrected chi connectivity index (χ2v) is 4.03. The van der Waals surface area contributed by atoms with Crippen molar-refractivity contribution >= 4 is 5.97 Å². The molecule has 0 radical (unpaired) electrons. The molecule has 88 valence electrons. The Bertz CT molecular complexity index is 204. The van der Waals surface area contributed by atoms with Gasteiger partial charge in [0.15, 0.2) is 0 Å².